The maximum absolute atomic E-state index is 12.3. The van der Waals surface area contributed by atoms with Gasteiger partial charge < -0.3 is 4.74 Å². The molecule has 0 fully saturated rings. The summed E-state index contributed by atoms with van der Waals surface area (Å²) in [6.45, 7) is 7.86. The lowest BCUT2D eigenvalue weighted by Crippen LogP contribution is -2.36. The van der Waals surface area contributed by atoms with E-state index >= 15 is 0 Å². The van der Waals surface area contributed by atoms with Crippen LogP contribution in [0.3, 0.4) is 0 Å². The van der Waals surface area contributed by atoms with Crippen molar-refractivity contribution in [3.05, 3.63) is 34.9 Å². The van der Waals surface area contributed by atoms with E-state index in [1.54, 1.807) is 19.1 Å². The van der Waals surface area contributed by atoms with Gasteiger partial charge >= 0.3 is 5.97 Å². The van der Waals surface area contributed by atoms with E-state index < -0.39 is 11.0 Å². The zero-order chi connectivity index (χ0) is 16.8. The Labute approximate surface area is 140 Å². The lowest BCUT2D eigenvalue weighted by Gasteiger charge is -2.24. The monoisotopic (exact) mass is 345 g/mol. The van der Waals surface area contributed by atoms with Crippen LogP contribution in [0.1, 0.15) is 52.1 Å². The van der Waals surface area contributed by atoms with Crippen LogP contribution in [-0.4, -0.2) is 21.5 Å². The minimum absolute atomic E-state index is 0.193. The van der Waals surface area contributed by atoms with Crippen molar-refractivity contribution < 1.29 is 13.7 Å². The average Bonchev–Trinajstić information content (AvgIpc) is 2.43. The summed E-state index contributed by atoms with van der Waals surface area (Å²) in [7, 11) is -1.23. The number of halogens is 1. The molecule has 0 aromatic heterocycles. The van der Waals surface area contributed by atoms with Crippen molar-refractivity contribution in [2.75, 3.05) is 6.61 Å². The molecule has 1 rings (SSSR count). The highest BCUT2D eigenvalue weighted by atomic mass is 35.5. The second kappa shape index (κ2) is 8.65. The molecule has 0 unspecified atom stereocenters. The van der Waals surface area contributed by atoms with Gasteiger partial charge in [0.15, 0.2) is 0 Å². The summed E-state index contributed by atoms with van der Waals surface area (Å²) in [6, 6.07) is 7.14. The molecule has 0 saturated carbocycles. The number of carbonyl (C=O) groups is 1. The fourth-order valence-corrected chi connectivity index (χ4v) is 2.78. The minimum Gasteiger partial charge on any atom is -0.466 e. The summed E-state index contributed by atoms with van der Waals surface area (Å²) < 4.78 is 20.0. The highest BCUT2D eigenvalue weighted by molar-refractivity contribution is 7.84. The molecule has 0 spiro atoms. The first-order chi connectivity index (χ1) is 10.2. The van der Waals surface area contributed by atoms with Crippen LogP contribution in [0.4, 0.5) is 0 Å². The van der Waals surface area contributed by atoms with Gasteiger partial charge in [0.05, 0.1) is 22.3 Å². The van der Waals surface area contributed by atoms with Crippen LogP contribution in [0.15, 0.2) is 24.3 Å². The zero-order valence-electron chi connectivity index (χ0n) is 13.5. The Morgan fingerprint density at radius 1 is 1.32 bits per heavy atom. The Balaban J connectivity index is 2.83. The number of carbonyl (C=O) groups excluding carboxylic acids is 1. The molecule has 1 N–H and O–H groups in total. The molecule has 0 radical (unpaired) electrons. The number of hydrogen-bond donors (Lipinski definition) is 1. The standard InChI is InChI=1S/C16H24ClNO3S/c1-5-21-15(19)11-10-14(18-22(20)16(2,3)4)12-6-8-13(17)9-7-12/h6-9,14,18H,5,10-11H2,1-4H3/t14-,22-/m1/s1. The van der Waals surface area contributed by atoms with Gasteiger partial charge in [-0.05, 0) is 51.8 Å². The van der Waals surface area contributed by atoms with E-state index in [1.165, 1.54) is 0 Å². The summed E-state index contributed by atoms with van der Waals surface area (Å²) in [4.78, 5) is 11.6. The first-order valence-corrected chi connectivity index (χ1v) is 8.86. The van der Waals surface area contributed by atoms with E-state index in [0.717, 1.165) is 5.56 Å². The van der Waals surface area contributed by atoms with Gasteiger partial charge in [0, 0.05) is 17.5 Å². The molecule has 6 heteroatoms. The molecule has 0 saturated heterocycles. The van der Waals surface area contributed by atoms with Crippen LogP contribution in [0, 0.1) is 0 Å². The van der Waals surface area contributed by atoms with Gasteiger partial charge in [-0.1, -0.05) is 23.7 Å². The molecule has 2 atom stereocenters. The number of esters is 1. The molecule has 22 heavy (non-hydrogen) atoms. The highest BCUT2D eigenvalue weighted by Crippen LogP contribution is 2.23. The van der Waals surface area contributed by atoms with E-state index in [1.807, 2.05) is 32.9 Å². The third-order valence-corrected chi connectivity index (χ3v) is 4.88. The summed E-state index contributed by atoms with van der Waals surface area (Å²) in [5.41, 5.74) is 0.950. The number of hydrogen-bond acceptors (Lipinski definition) is 3. The van der Waals surface area contributed by atoms with Crippen molar-refractivity contribution in [2.45, 2.75) is 51.3 Å². The Kier molecular flexibility index (Phi) is 7.53. The topological polar surface area (TPSA) is 55.4 Å². The lowest BCUT2D eigenvalue weighted by molar-refractivity contribution is -0.143. The van der Waals surface area contributed by atoms with E-state index in [-0.39, 0.29) is 23.2 Å². The number of ether oxygens (including phenoxy) is 1. The molecular formula is C16H24ClNO3S. The Morgan fingerprint density at radius 3 is 2.41 bits per heavy atom. The molecule has 1 aromatic carbocycles. The van der Waals surface area contributed by atoms with Crippen LogP contribution in [0.5, 0.6) is 0 Å². The van der Waals surface area contributed by atoms with E-state index in [0.29, 0.717) is 18.1 Å². The largest absolute Gasteiger partial charge is 0.466 e. The molecule has 0 amide bonds. The first kappa shape index (κ1) is 19.1. The van der Waals surface area contributed by atoms with Crippen LogP contribution in [-0.2, 0) is 20.5 Å². The summed E-state index contributed by atoms with van der Waals surface area (Å²) in [5, 5.41) is 0.643. The van der Waals surface area contributed by atoms with Gasteiger partial charge in [0.25, 0.3) is 0 Å². The first-order valence-electron chi connectivity index (χ1n) is 7.33. The van der Waals surface area contributed by atoms with Crippen LogP contribution < -0.4 is 4.72 Å². The fraction of sp³-hybridized carbons (Fsp3) is 0.562. The number of benzene rings is 1. The maximum Gasteiger partial charge on any atom is 0.305 e. The minimum atomic E-state index is -1.23. The quantitative estimate of drug-likeness (QED) is 0.765. The maximum atomic E-state index is 12.3. The predicted octanol–water partition coefficient (Wildman–Crippen LogP) is 3.78. The lowest BCUT2D eigenvalue weighted by atomic mass is 10.0. The second-order valence-electron chi connectivity index (χ2n) is 5.95. The molecule has 124 valence electrons. The second-order valence-corrected chi connectivity index (χ2v) is 8.38. The number of rotatable bonds is 7. The van der Waals surface area contributed by atoms with Gasteiger partial charge in [-0.15, -0.1) is 0 Å². The highest BCUT2D eigenvalue weighted by Gasteiger charge is 2.24. The van der Waals surface area contributed by atoms with Crippen LogP contribution >= 0.6 is 11.6 Å². The fourth-order valence-electron chi connectivity index (χ4n) is 1.79. The third-order valence-electron chi connectivity index (χ3n) is 3.02. The van der Waals surface area contributed by atoms with Crippen molar-refractivity contribution in [1.29, 1.82) is 0 Å². The molecule has 0 aliphatic heterocycles. The van der Waals surface area contributed by atoms with Gasteiger partial charge in [0.1, 0.15) is 0 Å². The molecule has 0 bridgehead atoms. The van der Waals surface area contributed by atoms with Crippen LogP contribution in [0.2, 0.25) is 5.02 Å². The van der Waals surface area contributed by atoms with Gasteiger partial charge in [-0.2, -0.15) is 0 Å². The Bertz CT molecular complexity index is 511. The molecular weight excluding hydrogens is 322 g/mol. The molecule has 0 aliphatic carbocycles. The predicted molar refractivity (Wildman–Crippen MR) is 91.1 cm³/mol. The Morgan fingerprint density at radius 2 is 1.91 bits per heavy atom. The van der Waals surface area contributed by atoms with Crippen molar-refractivity contribution in [3.63, 3.8) is 0 Å². The molecule has 4 nitrogen and oxygen atoms in total. The van der Waals surface area contributed by atoms with Gasteiger partial charge in [0.2, 0.25) is 0 Å². The van der Waals surface area contributed by atoms with Crippen LogP contribution in [0.25, 0.3) is 0 Å². The summed E-state index contributed by atoms with van der Waals surface area (Å²) in [5.74, 6) is -0.246. The number of nitrogens with one attached hydrogen (secondary N) is 1. The average molecular weight is 346 g/mol. The molecule has 0 heterocycles. The summed E-state index contributed by atoms with van der Waals surface area (Å²) >= 11 is 5.91. The van der Waals surface area contributed by atoms with E-state index in [9.17, 15) is 9.00 Å². The SMILES string of the molecule is CCOC(=O)CC[C@@H](N[S@](=O)C(C)(C)C)c1ccc(Cl)cc1. The Hall–Kier alpha value is -0.910. The van der Waals surface area contributed by atoms with Gasteiger partial charge in [-0.3, -0.25) is 4.79 Å². The van der Waals surface area contributed by atoms with Crippen molar-refractivity contribution in [3.8, 4) is 0 Å². The van der Waals surface area contributed by atoms with Crippen molar-refractivity contribution in [1.82, 2.24) is 4.72 Å². The third kappa shape index (κ3) is 6.46. The van der Waals surface area contributed by atoms with Crippen molar-refractivity contribution >= 4 is 28.6 Å². The van der Waals surface area contributed by atoms with Gasteiger partial charge in [-0.25, -0.2) is 8.93 Å². The smallest absolute Gasteiger partial charge is 0.305 e. The summed E-state index contributed by atoms with van der Waals surface area (Å²) in [6.07, 6.45) is 0.789. The van der Waals surface area contributed by atoms with Crippen molar-refractivity contribution in [2.24, 2.45) is 0 Å². The normalized spacial score (nSPS) is 14.4. The van der Waals surface area contributed by atoms with E-state index in [2.05, 4.69) is 4.72 Å². The molecule has 1 aromatic rings. The molecule has 0 aliphatic rings. The zero-order valence-corrected chi connectivity index (χ0v) is 15.1. The van der Waals surface area contributed by atoms with E-state index in [4.69, 9.17) is 16.3 Å².